The summed E-state index contributed by atoms with van der Waals surface area (Å²) in [5.74, 6) is -0.0341. The van der Waals surface area contributed by atoms with Crippen molar-refractivity contribution in [1.82, 2.24) is 4.90 Å². The van der Waals surface area contributed by atoms with Crippen molar-refractivity contribution in [2.24, 2.45) is 0 Å². The third kappa shape index (κ3) is 4.18. The van der Waals surface area contributed by atoms with Gasteiger partial charge in [0.15, 0.2) is 0 Å². The highest BCUT2D eigenvalue weighted by atomic mass is 16.5. The summed E-state index contributed by atoms with van der Waals surface area (Å²) in [6, 6.07) is 0. The maximum Gasteiger partial charge on any atom is 0.254 e. The fraction of sp³-hybridized carbons (Fsp3) is 0.909. The lowest BCUT2D eigenvalue weighted by Gasteiger charge is -2.30. The van der Waals surface area contributed by atoms with E-state index in [1.165, 1.54) is 0 Å². The van der Waals surface area contributed by atoms with Crippen LogP contribution in [-0.2, 0) is 9.53 Å². The second-order valence-electron chi connectivity index (χ2n) is 4.15. The molecule has 0 aromatic carbocycles. The Balaban J connectivity index is 4.30. The number of likely N-dealkylation sites (N-methyl/N-ethyl adjacent to an activating group) is 1. The minimum Gasteiger partial charge on any atom is -0.393 e. The highest BCUT2D eigenvalue weighted by Crippen LogP contribution is 2.17. The van der Waals surface area contributed by atoms with Crippen molar-refractivity contribution in [3.05, 3.63) is 0 Å². The van der Waals surface area contributed by atoms with Crippen LogP contribution in [0.3, 0.4) is 0 Å². The predicted molar refractivity (Wildman–Crippen MR) is 59.6 cm³/mol. The number of amides is 1. The standard InChI is InChI=1S/C11H23NO3/c1-6-11(3,15-5)10(14)12(4)8-7-9(2)13/h9,13H,6-8H2,1-5H3. The van der Waals surface area contributed by atoms with Gasteiger partial charge in [-0.05, 0) is 26.7 Å². The molecule has 1 amide bonds. The number of aliphatic hydroxyl groups is 1. The minimum atomic E-state index is -0.743. The molecular weight excluding hydrogens is 194 g/mol. The van der Waals surface area contributed by atoms with E-state index >= 15 is 0 Å². The number of hydrogen-bond acceptors (Lipinski definition) is 3. The first kappa shape index (κ1) is 14.4. The molecule has 0 aliphatic carbocycles. The van der Waals surface area contributed by atoms with Gasteiger partial charge in [-0.2, -0.15) is 0 Å². The highest BCUT2D eigenvalue weighted by molar-refractivity contribution is 5.84. The molecule has 15 heavy (non-hydrogen) atoms. The number of aliphatic hydroxyl groups excluding tert-OH is 1. The van der Waals surface area contributed by atoms with Gasteiger partial charge in [-0.25, -0.2) is 0 Å². The van der Waals surface area contributed by atoms with E-state index in [1.54, 1.807) is 32.9 Å². The molecule has 0 radical (unpaired) electrons. The maximum absolute atomic E-state index is 12.0. The van der Waals surface area contributed by atoms with Gasteiger partial charge in [-0.3, -0.25) is 4.79 Å². The Hall–Kier alpha value is -0.610. The largest absolute Gasteiger partial charge is 0.393 e. The SMILES string of the molecule is CCC(C)(OC)C(=O)N(C)CCC(C)O. The summed E-state index contributed by atoms with van der Waals surface area (Å²) in [5.41, 5.74) is -0.743. The van der Waals surface area contributed by atoms with Crippen molar-refractivity contribution in [2.75, 3.05) is 20.7 Å². The monoisotopic (exact) mass is 217 g/mol. The zero-order chi connectivity index (χ0) is 12.1. The Bertz CT molecular complexity index is 200. The Morgan fingerprint density at radius 2 is 2.13 bits per heavy atom. The quantitative estimate of drug-likeness (QED) is 0.723. The van der Waals surface area contributed by atoms with Crippen LogP contribution < -0.4 is 0 Å². The van der Waals surface area contributed by atoms with Crippen molar-refractivity contribution in [1.29, 1.82) is 0 Å². The van der Waals surface area contributed by atoms with E-state index in [-0.39, 0.29) is 12.0 Å². The lowest BCUT2D eigenvalue weighted by Crippen LogP contribution is -2.47. The van der Waals surface area contributed by atoms with Crippen molar-refractivity contribution >= 4 is 5.91 Å². The van der Waals surface area contributed by atoms with Crippen LogP contribution in [0.4, 0.5) is 0 Å². The van der Waals surface area contributed by atoms with Crippen LogP contribution in [0.15, 0.2) is 0 Å². The number of nitrogens with zero attached hydrogens (tertiary/aromatic N) is 1. The smallest absolute Gasteiger partial charge is 0.254 e. The summed E-state index contributed by atoms with van der Waals surface area (Å²) in [6.45, 7) is 5.97. The Labute approximate surface area is 92.2 Å². The third-order valence-electron chi connectivity index (χ3n) is 2.81. The number of methoxy groups -OCH3 is 1. The number of carbonyl (C=O) groups excluding carboxylic acids is 1. The molecule has 0 heterocycles. The van der Waals surface area contributed by atoms with Crippen molar-refractivity contribution < 1.29 is 14.6 Å². The summed E-state index contributed by atoms with van der Waals surface area (Å²) in [5, 5.41) is 9.13. The molecule has 0 aliphatic rings. The first-order chi connectivity index (χ1) is 6.87. The summed E-state index contributed by atoms with van der Waals surface area (Å²) in [4.78, 5) is 13.6. The zero-order valence-electron chi connectivity index (χ0n) is 10.4. The number of hydrogen-bond donors (Lipinski definition) is 1. The van der Waals surface area contributed by atoms with Gasteiger partial charge in [0.05, 0.1) is 6.10 Å². The lowest BCUT2D eigenvalue weighted by molar-refractivity contribution is -0.152. The van der Waals surface area contributed by atoms with E-state index in [0.29, 0.717) is 19.4 Å². The van der Waals surface area contributed by atoms with Gasteiger partial charge < -0.3 is 14.7 Å². The van der Waals surface area contributed by atoms with Crippen LogP contribution in [0.25, 0.3) is 0 Å². The summed E-state index contributed by atoms with van der Waals surface area (Å²) in [7, 11) is 3.28. The fourth-order valence-electron chi connectivity index (χ4n) is 1.27. The van der Waals surface area contributed by atoms with Gasteiger partial charge >= 0.3 is 0 Å². The predicted octanol–water partition coefficient (Wildman–Crippen LogP) is 1.03. The molecule has 0 fully saturated rings. The van der Waals surface area contributed by atoms with E-state index in [9.17, 15) is 4.79 Å². The molecule has 0 spiro atoms. The van der Waals surface area contributed by atoms with Gasteiger partial charge in [-0.15, -0.1) is 0 Å². The lowest BCUT2D eigenvalue weighted by atomic mass is 10.0. The fourth-order valence-corrected chi connectivity index (χ4v) is 1.27. The van der Waals surface area contributed by atoms with Crippen molar-refractivity contribution in [3.8, 4) is 0 Å². The molecule has 2 unspecified atom stereocenters. The molecule has 0 saturated carbocycles. The van der Waals surface area contributed by atoms with Gasteiger partial charge in [0.25, 0.3) is 5.91 Å². The van der Waals surface area contributed by atoms with Crippen LogP contribution in [-0.4, -0.2) is 48.3 Å². The van der Waals surface area contributed by atoms with Gasteiger partial charge in [-0.1, -0.05) is 6.92 Å². The van der Waals surface area contributed by atoms with Crippen molar-refractivity contribution in [3.63, 3.8) is 0 Å². The van der Waals surface area contributed by atoms with Crippen LogP contribution >= 0.6 is 0 Å². The highest BCUT2D eigenvalue weighted by Gasteiger charge is 2.33. The first-order valence-electron chi connectivity index (χ1n) is 5.36. The molecule has 0 aromatic heterocycles. The van der Waals surface area contributed by atoms with Crippen LogP contribution in [0.5, 0.6) is 0 Å². The molecule has 0 aliphatic heterocycles. The van der Waals surface area contributed by atoms with Crippen molar-refractivity contribution in [2.45, 2.75) is 45.3 Å². The number of carbonyl (C=O) groups is 1. The Kier molecular flexibility index (Phi) is 5.83. The van der Waals surface area contributed by atoms with E-state index in [4.69, 9.17) is 9.84 Å². The van der Waals surface area contributed by atoms with Crippen LogP contribution in [0, 0.1) is 0 Å². The van der Waals surface area contributed by atoms with Gasteiger partial charge in [0.1, 0.15) is 5.60 Å². The minimum absolute atomic E-state index is 0.0341. The molecule has 4 nitrogen and oxygen atoms in total. The summed E-state index contributed by atoms with van der Waals surface area (Å²) in [6.07, 6.45) is 0.850. The average molecular weight is 217 g/mol. The van der Waals surface area contributed by atoms with Crippen LogP contribution in [0.2, 0.25) is 0 Å². The Morgan fingerprint density at radius 3 is 2.47 bits per heavy atom. The van der Waals surface area contributed by atoms with E-state index in [1.807, 2.05) is 6.92 Å². The molecule has 0 rings (SSSR count). The topological polar surface area (TPSA) is 49.8 Å². The van der Waals surface area contributed by atoms with Gasteiger partial charge in [0.2, 0.25) is 0 Å². The Morgan fingerprint density at radius 1 is 1.60 bits per heavy atom. The summed E-state index contributed by atoms with van der Waals surface area (Å²) >= 11 is 0. The average Bonchev–Trinajstić information content (AvgIpc) is 2.23. The molecule has 1 N–H and O–H groups in total. The van der Waals surface area contributed by atoms with E-state index in [0.717, 1.165) is 0 Å². The molecule has 0 saturated heterocycles. The normalized spacial score (nSPS) is 16.9. The maximum atomic E-state index is 12.0. The molecule has 90 valence electrons. The molecule has 0 aromatic rings. The molecule has 0 bridgehead atoms. The molecular formula is C11H23NO3. The van der Waals surface area contributed by atoms with Crippen LogP contribution in [0.1, 0.15) is 33.6 Å². The van der Waals surface area contributed by atoms with E-state index in [2.05, 4.69) is 0 Å². The second-order valence-corrected chi connectivity index (χ2v) is 4.15. The van der Waals surface area contributed by atoms with E-state index < -0.39 is 5.60 Å². The zero-order valence-corrected chi connectivity index (χ0v) is 10.4. The molecule has 2 atom stereocenters. The third-order valence-corrected chi connectivity index (χ3v) is 2.81. The molecule has 4 heteroatoms. The number of ether oxygens (including phenoxy) is 1. The summed E-state index contributed by atoms with van der Waals surface area (Å²) < 4.78 is 5.22. The van der Waals surface area contributed by atoms with Gasteiger partial charge in [0, 0.05) is 20.7 Å². The number of rotatable bonds is 6. The second kappa shape index (κ2) is 6.08. The first-order valence-corrected chi connectivity index (χ1v) is 5.36.